The smallest absolute Gasteiger partial charge is 0.115 e. The maximum atomic E-state index is 5.70. The van der Waals surface area contributed by atoms with Gasteiger partial charge in [-0.2, -0.15) is 5.10 Å². The number of aliphatic imine (C=N–C) groups is 1. The van der Waals surface area contributed by atoms with E-state index in [1.54, 1.807) is 4.68 Å². The van der Waals surface area contributed by atoms with Gasteiger partial charge in [0.2, 0.25) is 0 Å². The molecule has 0 radical (unpaired) electrons. The van der Waals surface area contributed by atoms with Crippen molar-refractivity contribution in [2.45, 2.75) is 13.5 Å². The van der Waals surface area contributed by atoms with Gasteiger partial charge in [0.15, 0.2) is 0 Å². The molecular formula is C16H19N5. The molecule has 21 heavy (non-hydrogen) atoms. The quantitative estimate of drug-likeness (QED) is 0.935. The van der Waals surface area contributed by atoms with E-state index in [0.29, 0.717) is 13.2 Å². The minimum absolute atomic E-state index is 0.573. The Morgan fingerprint density at radius 2 is 2.19 bits per heavy atom. The molecule has 0 saturated heterocycles. The number of rotatable bonds is 3. The molecule has 1 aromatic carbocycles. The second-order valence-corrected chi connectivity index (χ2v) is 5.19. The van der Waals surface area contributed by atoms with Crippen LogP contribution in [0.25, 0.3) is 0 Å². The Balaban J connectivity index is 1.79. The summed E-state index contributed by atoms with van der Waals surface area (Å²) in [4.78, 5) is 6.72. The van der Waals surface area contributed by atoms with Gasteiger partial charge in [0.25, 0.3) is 0 Å². The van der Waals surface area contributed by atoms with Gasteiger partial charge in [-0.3, -0.25) is 9.67 Å². The highest BCUT2D eigenvalue weighted by Crippen LogP contribution is 2.18. The number of nitrogens with two attached hydrogens (primary N) is 1. The van der Waals surface area contributed by atoms with Crippen molar-refractivity contribution < 1.29 is 0 Å². The van der Waals surface area contributed by atoms with E-state index in [4.69, 9.17) is 5.73 Å². The molecule has 0 bridgehead atoms. The first-order valence-corrected chi connectivity index (χ1v) is 6.95. The van der Waals surface area contributed by atoms with Crippen LogP contribution in [0.15, 0.2) is 47.9 Å². The van der Waals surface area contributed by atoms with Gasteiger partial charge >= 0.3 is 0 Å². The Bertz CT molecular complexity index is 711. The van der Waals surface area contributed by atoms with Crippen molar-refractivity contribution in [2.75, 3.05) is 11.6 Å². The van der Waals surface area contributed by atoms with E-state index in [0.717, 1.165) is 17.0 Å². The third-order valence-electron chi connectivity index (χ3n) is 3.69. The maximum Gasteiger partial charge on any atom is 0.115 e. The summed E-state index contributed by atoms with van der Waals surface area (Å²) in [7, 11) is 1.91. The molecular weight excluding hydrogens is 262 g/mol. The van der Waals surface area contributed by atoms with Crippen molar-refractivity contribution >= 4 is 11.4 Å². The highest BCUT2D eigenvalue weighted by atomic mass is 15.3. The molecule has 2 N–H and O–H groups in total. The van der Waals surface area contributed by atoms with Crippen molar-refractivity contribution in [3.63, 3.8) is 0 Å². The van der Waals surface area contributed by atoms with E-state index in [-0.39, 0.29) is 0 Å². The molecule has 5 heteroatoms. The first kappa shape index (κ1) is 13.6. The largest absolute Gasteiger partial charge is 0.326 e. The number of allylic oxidation sites excluding steroid dienone is 1. The van der Waals surface area contributed by atoms with Crippen LogP contribution in [0.1, 0.15) is 16.7 Å². The van der Waals surface area contributed by atoms with Crippen LogP contribution in [0.3, 0.4) is 0 Å². The number of benzene rings is 1. The molecule has 0 saturated carbocycles. The minimum Gasteiger partial charge on any atom is -0.326 e. The summed E-state index contributed by atoms with van der Waals surface area (Å²) >= 11 is 0. The van der Waals surface area contributed by atoms with E-state index >= 15 is 0 Å². The Morgan fingerprint density at radius 3 is 2.76 bits per heavy atom. The third-order valence-corrected chi connectivity index (χ3v) is 3.69. The second-order valence-electron chi connectivity index (χ2n) is 5.19. The van der Waals surface area contributed by atoms with Crippen LogP contribution < -0.4 is 10.6 Å². The number of hydrogen-bond acceptors (Lipinski definition) is 4. The van der Waals surface area contributed by atoms with Crippen LogP contribution >= 0.6 is 0 Å². The molecule has 1 aromatic heterocycles. The molecule has 1 aliphatic heterocycles. The highest BCUT2D eigenvalue weighted by Gasteiger charge is 2.11. The molecule has 2 aromatic rings. The summed E-state index contributed by atoms with van der Waals surface area (Å²) in [6, 6.07) is 6.30. The standard InChI is InChI=1S/C16H19N5/c1-12-7-13(3-4-14(12)8-17)16-5-6-21(11-18-16)15-9-19-20(2)10-15/h3-7,9-10H,8,11,17H2,1-2H3. The van der Waals surface area contributed by atoms with Crippen molar-refractivity contribution in [2.24, 2.45) is 17.8 Å². The molecule has 108 valence electrons. The normalized spacial score (nSPS) is 14.4. The van der Waals surface area contributed by atoms with Crippen LogP contribution in [0.4, 0.5) is 5.69 Å². The molecule has 1 aliphatic rings. The van der Waals surface area contributed by atoms with Gasteiger partial charge in [0.1, 0.15) is 6.67 Å². The van der Waals surface area contributed by atoms with E-state index < -0.39 is 0 Å². The highest BCUT2D eigenvalue weighted by molar-refractivity contribution is 6.09. The van der Waals surface area contributed by atoms with Gasteiger partial charge in [-0.1, -0.05) is 12.1 Å². The maximum absolute atomic E-state index is 5.70. The zero-order valence-electron chi connectivity index (χ0n) is 12.3. The zero-order chi connectivity index (χ0) is 14.8. The fourth-order valence-electron chi connectivity index (χ4n) is 2.41. The SMILES string of the molecule is Cc1cc(C2=NCN(c3cnn(C)c3)C=C2)ccc1CN. The van der Waals surface area contributed by atoms with Crippen LogP contribution in [0, 0.1) is 6.92 Å². The lowest BCUT2D eigenvalue weighted by Crippen LogP contribution is -2.21. The predicted molar refractivity (Wildman–Crippen MR) is 85.3 cm³/mol. The van der Waals surface area contributed by atoms with Gasteiger partial charge < -0.3 is 10.6 Å². The van der Waals surface area contributed by atoms with E-state index in [1.807, 2.05) is 31.7 Å². The van der Waals surface area contributed by atoms with Crippen LogP contribution in [-0.4, -0.2) is 22.2 Å². The van der Waals surface area contributed by atoms with Gasteiger partial charge in [0.05, 0.1) is 17.6 Å². The number of aryl methyl sites for hydroxylation is 2. The molecule has 0 fully saturated rings. The van der Waals surface area contributed by atoms with E-state index in [9.17, 15) is 0 Å². The third kappa shape index (κ3) is 2.73. The number of aromatic nitrogens is 2. The molecule has 2 heterocycles. The summed E-state index contributed by atoms with van der Waals surface area (Å²) in [6.07, 6.45) is 7.90. The number of hydrogen-bond donors (Lipinski definition) is 1. The van der Waals surface area contributed by atoms with Gasteiger partial charge in [-0.05, 0) is 30.2 Å². The molecule has 3 rings (SSSR count). The number of anilines is 1. The summed E-state index contributed by atoms with van der Waals surface area (Å²) in [6.45, 7) is 3.26. The fraction of sp³-hybridized carbons (Fsp3) is 0.250. The number of nitrogens with zero attached hydrogens (tertiary/aromatic N) is 4. The van der Waals surface area contributed by atoms with Crippen molar-refractivity contribution in [3.8, 4) is 0 Å². The molecule has 0 atom stereocenters. The van der Waals surface area contributed by atoms with Crippen LogP contribution in [0.5, 0.6) is 0 Å². The molecule has 0 amide bonds. The van der Waals surface area contributed by atoms with E-state index in [2.05, 4.69) is 40.1 Å². The average Bonchev–Trinajstić information content (AvgIpc) is 2.94. The van der Waals surface area contributed by atoms with Crippen molar-refractivity contribution in [1.82, 2.24) is 9.78 Å². The molecule has 5 nitrogen and oxygen atoms in total. The van der Waals surface area contributed by atoms with E-state index in [1.165, 1.54) is 11.1 Å². The Hall–Kier alpha value is -2.40. The Labute approximate surface area is 124 Å². The lowest BCUT2D eigenvalue weighted by molar-refractivity contribution is 0.767. The fourth-order valence-corrected chi connectivity index (χ4v) is 2.41. The van der Waals surface area contributed by atoms with Crippen LogP contribution in [-0.2, 0) is 13.6 Å². The lowest BCUT2D eigenvalue weighted by Gasteiger charge is -2.20. The molecule has 0 unspecified atom stereocenters. The first-order valence-electron chi connectivity index (χ1n) is 6.95. The predicted octanol–water partition coefficient (Wildman–Crippen LogP) is 1.97. The topological polar surface area (TPSA) is 59.4 Å². The second kappa shape index (κ2) is 5.54. The van der Waals surface area contributed by atoms with Crippen LogP contribution in [0.2, 0.25) is 0 Å². The monoisotopic (exact) mass is 281 g/mol. The van der Waals surface area contributed by atoms with Gasteiger partial charge in [-0.25, -0.2) is 0 Å². The summed E-state index contributed by atoms with van der Waals surface area (Å²) < 4.78 is 1.79. The molecule has 0 aliphatic carbocycles. The first-order chi connectivity index (χ1) is 10.2. The molecule has 0 spiro atoms. The minimum atomic E-state index is 0.573. The lowest BCUT2D eigenvalue weighted by atomic mass is 10.0. The van der Waals surface area contributed by atoms with Gasteiger partial charge in [0, 0.05) is 31.6 Å². The summed E-state index contributed by atoms with van der Waals surface area (Å²) in [5.41, 5.74) is 11.3. The average molecular weight is 281 g/mol. The summed E-state index contributed by atoms with van der Waals surface area (Å²) in [5.74, 6) is 0. The van der Waals surface area contributed by atoms with Crippen molar-refractivity contribution in [3.05, 3.63) is 59.6 Å². The zero-order valence-corrected chi connectivity index (χ0v) is 12.3. The Morgan fingerprint density at radius 1 is 1.33 bits per heavy atom. The van der Waals surface area contributed by atoms with Gasteiger partial charge in [-0.15, -0.1) is 0 Å². The Kier molecular flexibility index (Phi) is 3.58. The van der Waals surface area contributed by atoms with Crippen molar-refractivity contribution in [1.29, 1.82) is 0 Å². The summed E-state index contributed by atoms with van der Waals surface area (Å²) in [5, 5.41) is 4.18.